The monoisotopic (exact) mass is 529 g/mol. The van der Waals surface area contributed by atoms with Crippen LogP contribution in [0.4, 0.5) is 5.69 Å². The summed E-state index contributed by atoms with van der Waals surface area (Å²) < 4.78 is 12.6. The first kappa shape index (κ1) is 22.9. The predicted octanol–water partition coefficient (Wildman–Crippen LogP) is 7.70. The summed E-state index contributed by atoms with van der Waals surface area (Å²) in [6.07, 6.45) is 0. The Hall–Kier alpha value is -1.79. The Morgan fingerprint density at radius 2 is 1.60 bits per heavy atom. The van der Waals surface area contributed by atoms with E-state index in [9.17, 15) is 5.11 Å². The molecule has 0 aromatic heterocycles. The van der Waals surface area contributed by atoms with E-state index in [1.807, 2.05) is 43.3 Å². The average molecular weight is 532 g/mol. The van der Waals surface area contributed by atoms with Crippen LogP contribution in [0.5, 0.6) is 17.2 Å². The number of hydrogen-bond acceptors (Lipinski definition) is 4. The maximum atomic E-state index is 9.69. The molecular weight excluding hydrogens is 513 g/mol. The fraction of sp³-hybridized carbons (Fsp3) is 0.182. The normalized spacial score (nSPS) is 10.7. The molecule has 0 saturated heterocycles. The molecule has 0 amide bonds. The van der Waals surface area contributed by atoms with Crippen molar-refractivity contribution in [2.24, 2.45) is 0 Å². The van der Waals surface area contributed by atoms with Crippen LogP contribution in [0.3, 0.4) is 0 Å². The van der Waals surface area contributed by atoms with Crippen molar-refractivity contribution in [3.63, 3.8) is 0 Å². The van der Waals surface area contributed by atoms with Crippen molar-refractivity contribution in [2.45, 2.75) is 20.1 Å². The Morgan fingerprint density at radius 3 is 2.23 bits per heavy atom. The van der Waals surface area contributed by atoms with E-state index in [4.69, 9.17) is 44.3 Å². The number of anilines is 1. The largest absolute Gasteiger partial charge is 0.505 e. The molecule has 2 N–H and O–H groups in total. The first-order valence-corrected chi connectivity index (χ1v) is 11.0. The van der Waals surface area contributed by atoms with Crippen LogP contribution in [0.1, 0.15) is 18.1 Å². The molecular formula is C22H19BrCl3NO3. The van der Waals surface area contributed by atoms with Crippen LogP contribution >= 0.6 is 50.7 Å². The van der Waals surface area contributed by atoms with Crippen molar-refractivity contribution in [2.75, 3.05) is 11.9 Å². The zero-order chi connectivity index (χ0) is 21.7. The van der Waals surface area contributed by atoms with Gasteiger partial charge in [0.1, 0.15) is 6.61 Å². The summed E-state index contributed by atoms with van der Waals surface area (Å²) in [6, 6.07) is 14.6. The lowest BCUT2D eigenvalue weighted by Gasteiger charge is -2.16. The minimum atomic E-state index is -0.132. The topological polar surface area (TPSA) is 50.7 Å². The molecule has 3 rings (SSSR count). The lowest BCUT2D eigenvalue weighted by atomic mass is 10.2. The molecule has 0 aliphatic heterocycles. The van der Waals surface area contributed by atoms with E-state index in [0.29, 0.717) is 42.0 Å². The molecule has 3 aromatic rings. The minimum absolute atomic E-state index is 0.132. The molecule has 158 valence electrons. The van der Waals surface area contributed by atoms with Gasteiger partial charge in [-0.25, -0.2) is 0 Å². The summed E-state index contributed by atoms with van der Waals surface area (Å²) in [7, 11) is 0. The molecule has 0 atom stereocenters. The van der Waals surface area contributed by atoms with Crippen molar-refractivity contribution >= 4 is 56.4 Å². The minimum Gasteiger partial charge on any atom is -0.505 e. The molecule has 3 aromatic carbocycles. The van der Waals surface area contributed by atoms with Gasteiger partial charge in [-0.05, 0) is 70.4 Å². The highest BCUT2D eigenvalue weighted by Crippen LogP contribution is 2.38. The molecule has 0 radical (unpaired) electrons. The number of phenols is 1. The second-order valence-corrected chi connectivity index (χ2v) is 8.50. The lowest BCUT2D eigenvalue weighted by molar-refractivity contribution is 0.267. The molecule has 0 aliphatic rings. The maximum absolute atomic E-state index is 9.69. The Kier molecular flexibility index (Phi) is 8.00. The first-order valence-electron chi connectivity index (χ1n) is 9.11. The standard InChI is InChI=1S/C22H19BrCl3NO3/c1-2-29-20-8-14(11-27-16-9-18(25)21(28)19(26)10-16)7-17(23)22(20)30-12-13-3-5-15(24)6-4-13/h3-10,27-28H,2,11-12H2,1H3. The third-order valence-electron chi connectivity index (χ3n) is 4.18. The highest BCUT2D eigenvalue weighted by atomic mass is 79.9. The van der Waals surface area contributed by atoms with Crippen LogP contribution in [-0.4, -0.2) is 11.7 Å². The van der Waals surface area contributed by atoms with Crippen LogP contribution in [0, 0.1) is 0 Å². The van der Waals surface area contributed by atoms with Gasteiger partial charge in [0.2, 0.25) is 0 Å². The van der Waals surface area contributed by atoms with E-state index < -0.39 is 0 Å². The van der Waals surface area contributed by atoms with E-state index in [0.717, 1.165) is 15.6 Å². The summed E-state index contributed by atoms with van der Waals surface area (Å²) in [5.74, 6) is 1.14. The second kappa shape index (κ2) is 10.5. The molecule has 0 aliphatic carbocycles. The molecule has 0 spiro atoms. The van der Waals surface area contributed by atoms with Gasteiger partial charge in [0.05, 0.1) is 21.1 Å². The van der Waals surface area contributed by atoms with E-state index >= 15 is 0 Å². The fourth-order valence-electron chi connectivity index (χ4n) is 2.73. The van der Waals surface area contributed by atoms with Crippen LogP contribution in [0.2, 0.25) is 15.1 Å². The van der Waals surface area contributed by atoms with Crippen molar-refractivity contribution < 1.29 is 14.6 Å². The highest BCUT2D eigenvalue weighted by molar-refractivity contribution is 9.10. The van der Waals surface area contributed by atoms with Gasteiger partial charge in [0, 0.05) is 17.3 Å². The van der Waals surface area contributed by atoms with Gasteiger partial charge in [-0.3, -0.25) is 0 Å². The number of phenolic OH excluding ortho intramolecular Hbond substituents is 1. The number of nitrogens with one attached hydrogen (secondary N) is 1. The van der Waals surface area contributed by atoms with Gasteiger partial charge in [0.15, 0.2) is 17.2 Å². The van der Waals surface area contributed by atoms with Crippen molar-refractivity contribution in [3.05, 3.63) is 79.2 Å². The van der Waals surface area contributed by atoms with Crippen LogP contribution in [0.25, 0.3) is 0 Å². The molecule has 0 fully saturated rings. The first-order chi connectivity index (χ1) is 14.4. The zero-order valence-electron chi connectivity index (χ0n) is 16.0. The molecule has 30 heavy (non-hydrogen) atoms. The number of halogens is 4. The predicted molar refractivity (Wildman–Crippen MR) is 127 cm³/mol. The molecule has 0 heterocycles. The lowest BCUT2D eigenvalue weighted by Crippen LogP contribution is -2.04. The molecule has 0 unspecified atom stereocenters. The summed E-state index contributed by atoms with van der Waals surface area (Å²) in [5.41, 5.74) is 2.66. The highest BCUT2D eigenvalue weighted by Gasteiger charge is 2.13. The van der Waals surface area contributed by atoms with Crippen molar-refractivity contribution in [1.29, 1.82) is 0 Å². The number of aromatic hydroxyl groups is 1. The van der Waals surface area contributed by atoms with Crippen molar-refractivity contribution in [1.82, 2.24) is 0 Å². The van der Waals surface area contributed by atoms with Gasteiger partial charge >= 0.3 is 0 Å². The Labute approximate surface area is 198 Å². The zero-order valence-corrected chi connectivity index (χ0v) is 19.9. The van der Waals surface area contributed by atoms with E-state index in [1.165, 1.54) is 0 Å². The number of ether oxygens (including phenoxy) is 2. The average Bonchev–Trinajstić information content (AvgIpc) is 2.71. The number of rotatable bonds is 8. The molecule has 4 nitrogen and oxygen atoms in total. The molecule has 0 saturated carbocycles. The van der Waals surface area contributed by atoms with Gasteiger partial charge in [0.25, 0.3) is 0 Å². The smallest absolute Gasteiger partial charge is 0.175 e. The fourth-order valence-corrected chi connectivity index (χ4v) is 3.95. The Bertz CT molecular complexity index is 1010. The van der Waals surface area contributed by atoms with Gasteiger partial charge in [-0.15, -0.1) is 0 Å². The van der Waals surface area contributed by atoms with Gasteiger partial charge in [-0.1, -0.05) is 46.9 Å². The summed E-state index contributed by atoms with van der Waals surface area (Å²) in [6.45, 7) is 3.30. The third-order valence-corrected chi connectivity index (χ3v) is 5.60. The summed E-state index contributed by atoms with van der Waals surface area (Å²) in [4.78, 5) is 0. The van der Waals surface area contributed by atoms with Gasteiger partial charge < -0.3 is 19.9 Å². The summed E-state index contributed by atoms with van der Waals surface area (Å²) >= 11 is 21.5. The van der Waals surface area contributed by atoms with Crippen LogP contribution in [-0.2, 0) is 13.2 Å². The van der Waals surface area contributed by atoms with E-state index in [2.05, 4.69) is 21.2 Å². The third kappa shape index (κ3) is 5.88. The van der Waals surface area contributed by atoms with Gasteiger partial charge in [-0.2, -0.15) is 0 Å². The van der Waals surface area contributed by atoms with E-state index in [1.54, 1.807) is 12.1 Å². The summed E-state index contributed by atoms with van der Waals surface area (Å²) in [5, 5.41) is 14.0. The van der Waals surface area contributed by atoms with E-state index in [-0.39, 0.29) is 15.8 Å². The molecule has 8 heteroatoms. The quantitative estimate of drug-likeness (QED) is 0.293. The molecule has 0 bridgehead atoms. The SMILES string of the molecule is CCOc1cc(CNc2cc(Cl)c(O)c(Cl)c2)cc(Br)c1OCc1ccc(Cl)cc1. The Balaban J connectivity index is 1.75. The van der Waals surface area contributed by atoms with Crippen LogP contribution in [0.15, 0.2) is 53.0 Å². The van der Waals surface area contributed by atoms with Crippen molar-refractivity contribution in [3.8, 4) is 17.2 Å². The number of hydrogen-bond donors (Lipinski definition) is 2. The number of benzene rings is 3. The second-order valence-electron chi connectivity index (χ2n) is 6.40. The van der Waals surface area contributed by atoms with Crippen LogP contribution < -0.4 is 14.8 Å². The maximum Gasteiger partial charge on any atom is 0.175 e. The Morgan fingerprint density at radius 1 is 0.933 bits per heavy atom.